The van der Waals surface area contributed by atoms with Crippen molar-refractivity contribution in [1.29, 1.82) is 0 Å². The summed E-state index contributed by atoms with van der Waals surface area (Å²) in [5.74, 6) is 1.01. The standard InChI is InChI=1S/C16H25Cl2NO2/c1-11(16(2,3)4)8-19-9-13(20)10-21-15-7-12(17)5-6-14(15)18/h5-7,11,13,19-20H,8-10H2,1-4H3. The molecule has 3 nitrogen and oxygen atoms in total. The fraction of sp³-hybridized carbons (Fsp3) is 0.625. The summed E-state index contributed by atoms with van der Waals surface area (Å²) in [5, 5.41) is 14.2. The Morgan fingerprint density at radius 3 is 2.52 bits per heavy atom. The van der Waals surface area contributed by atoms with Gasteiger partial charge in [0.25, 0.3) is 0 Å². The SMILES string of the molecule is CC(CNCC(O)COc1cc(Cl)ccc1Cl)C(C)(C)C. The fourth-order valence-corrected chi connectivity index (χ4v) is 1.94. The van der Waals surface area contributed by atoms with E-state index in [9.17, 15) is 5.11 Å². The summed E-state index contributed by atoms with van der Waals surface area (Å²) in [7, 11) is 0. The Morgan fingerprint density at radius 1 is 1.24 bits per heavy atom. The molecule has 0 radical (unpaired) electrons. The molecule has 120 valence electrons. The van der Waals surface area contributed by atoms with Crippen LogP contribution in [0.4, 0.5) is 0 Å². The molecule has 0 aliphatic heterocycles. The van der Waals surface area contributed by atoms with Crippen molar-refractivity contribution in [2.75, 3.05) is 19.7 Å². The number of hydrogen-bond donors (Lipinski definition) is 2. The molecule has 0 amide bonds. The molecule has 0 aliphatic carbocycles. The van der Waals surface area contributed by atoms with Crippen LogP contribution in [0, 0.1) is 11.3 Å². The molecule has 0 bridgehead atoms. The summed E-state index contributed by atoms with van der Waals surface area (Å²) in [4.78, 5) is 0. The van der Waals surface area contributed by atoms with E-state index in [-0.39, 0.29) is 12.0 Å². The molecule has 0 saturated heterocycles. The largest absolute Gasteiger partial charge is 0.489 e. The summed E-state index contributed by atoms with van der Waals surface area (Å²) >= 11 is 11.9. The molecule has 0 aliphatic rings. The zero-order chi connectivity index (χ0) is 16.0. The highest BCUT2D eigenvalue weighted by Gasteiger charge is 2.19. The quantitative estimate of drug-likeness (QED) is 0.792. The first-order chi connectivity index (χ1) is 9.70. The first kappa shape index (κ1) is 18.6. The number of halogens is 2. The molecule has 1 aromatic carbocycles. The van der Waals surface area contributed by atoms with E-state index in [2.05, 4.69) is 33.0 Å². The molecule has 2 atom stereocenters. The third-order valence-corrected chi connectivity index (χ3v) is 4.18. The average molecular weight is 334 g/mol. The molecule has 1 aromatic rings. The van der Waals surface area contributed by atoms with Crippen LogP contribution in [0.15, 0.2) is 18.2 Å². The molecular weight excluding hydrogens is 309 g/mol. The van der Waals surface area contributed by atoms with E-state index in [1.54, 1.807) is 18.2 Å². The van der Waals surface area contributed by atoms with Gasteiger partial charge in [-0.2, -0.15) is 0 Å². The third-order valence-electron chi connectivity index (χ3n) is 3.63. The number of rotatable bonds is 7. The maximum Gasteiger partial charge on any atom is 0.139 e. The van der Waals surface area contributed by atoms with Gasteiger partial charge in [-0.1, -0.05) is 50.9 Å². The van der Waals surface area contributed by atoms with Crippen molar-refractivity contribution in [3.8, 4) is 5.75 Å². The monoisotopic (exact) mass is 333 g/mol. The second kappa shape index (κ2) is 8.23. The number of benzene rings is 1. The second-order valence-corrected chi connectivity index (χ2v) is 7.31. The van der Waals surface area contributed by atoms with Crippen LogP contribution < -0.4 is 10.1 Å². The Labute approximate surface area is 137 Å². The lowest BCUT2D eigenvalue weighted by Gasteiger charge is -2.27. The van der Waals surface area contributed by atoms with E-state index in [0.29, 0.717) is 28.3 Å². The molecule has 2 N–H and O–H groups in total. The van der Waals surface area contributed by atoms with E-state index < -0.39 is 6.10 Å². The van der Waals surface area contributed by atoms with Gasteiger partial charge in [0.15, 0.2) is 0 Å². The second-order valence-electron chi connectivity index (χ2n) is 6.46. The molecule has 5 heteroatoms. The van der Waals surface area contributed by atoms with E-state index in [4.69, 9.17) is 27.9 Å². The van der Waals surface area contributed by atoms with Gasteiger partial charge in [0.05, 0.1) is 5.02 Å². The highest BCUT2D eigenvalue weighted by Crippen LogP contribution is 2.27. The van der Waals surface area contributed by atoms with Crippen LogP contribution in [0.3, 0.4) is 0 Å². The molecule has 0 saturated carbocycles. The number of ether oxygens (including phenoxy) is 1. The van der Waals surface area contributed by atoms with Gasteiger partial charge in [-0.15, -0.1) is 0 Å². The van der Waals surface area contributed by atoms with Crippen molar-refractivity contribution < 1.29 is 9.84 Å². The Morgan fingerprint density at radius 2 is 1.90 bits per heavy atom. The summed E-state index contributed by atoms with van der Waals surface area (Å²) in [5.41, 5.74) is 0.253. The Kier molecular flexibility index (Phi) is 7.28. The highest BCUT2D eigenvalue weighted by molar-refractivity contribution is 6.34. The van der Waals surface area contributed by atoms with E-state index in [0.717, 1.165) is 6.54 Å². The minimum absolute atomic E-state index is 0.178. The van der Waals surface area contributed by atoms with E-state index in [1.165, 1.54) is 0 Å². The van der Waals surface area contributed by atoms with Crippen molar-refractivity contribution in [1.82, 2.24) is 5.32 Å². The van der Waals surface area contributed by atoms with Gasteiger partial charge >= 0.3 is 0 Å². The minimum atomic E-state index is -0.591. The van der Waals surface area contributed by atoms with Crippen molar-refractivity contribution in [3.05, 3.63) is 28.2 Å². The Balaban J connectivity index is 2.31. The van der Waals surface area contributed by atoms with Gasteiger partial charge < -0.3 is 15.2 Å². The smallest absolute Gasteiger partial charge is 0.139 e. The lowest BCUT2D eigenvalue weighted by atomic mass is 9.82. The van der Waals surface area contributed by atoms with Crippen LogP contribution in [0.5, 0.6) is 5.75 Å². The lowest BCUT2D eigenvalue weighted by Crippen LogP contribution is -2.36. The minimum Gasteiger partial charge on any atom is -0.489 e. The van der Waals surface area contributed by atoms with Crippen molar-refractivity contribution in [2.45, 2.75) is 33.8 Å². The molecule has 21 heavy (non-hydrogen) atoms. The predicted octanol–water partition coefficient (Wildman–Crippen LogP) is 4.00. The normalized spacial score (nSPS) is 14.8. The van der Waals surface area contributed by atoms with Gasteiger partial charge in [-0.3, -0.25) is 0 Å². The van der Waals surface area contributed by atoms with Gasteiger partial charge in [-0.25, -0.2) is 0 Å². The number of hydrogen-bond acceptors (Lipinski definition) is 3. The Hall–Kier alpha value is -0.480. The van der Waals surface area contributed by atoms with E-state index in [1.807, 2.05) is 0 Å². The van der Waals surface area contributed by atoms with Crippen LogP contribution in [0.2, 0.25) is 10.0 Å². The summed E-state index contributed by atoms with van der Waals surface area (Å²) in [6.07, 6.45) is -0.591. The number of nitrogens with one attached hydrogen (secondary N) is 1. The number of aliphatic hydroxyl groups excluding tert-OH is 1. The first-order valence-electron chi connectivity index (χ1n) is 7.16. The Bertz CT molecular complexity index is 446. The van der Waals surface area contributed by atoms with Crippen LogP contribution in [-0.2, 0) is 0 Å². The predicted molar refractivity (Wildman–Crippen MR) is 89.5 cm³/mol. The summed E-state index contributed by atoms with van der Waals surface area (Å²) in [6, 6.07) is 5.02. The number of aliphatic hydroxyl groups is 1. The molecule has 0 heterocycles. The van der Waals surface area contributed by atoms with Crippen LogP contribution in [-0.4, -0.2) is 30.9 Å². The molecule has 0 spiro atoms. The summed E-state index contributed by atoms with van der Waals surface area (Å²) < 4.78 is 5.50. The van der Waals surface area contributed by atoms with Crippen molar-refractivity contribution in [2.24, 2.45) is 11.3 Å². The van der Waals surface area contributed by atoms with Crippen LogP contribution >= 0.6 is 23.2 Å². The van der Waals surface area contributed by atoms with Gasteiger partial charge in [0.1, 0.15) is 18.5 Å². The molecular formula is C16H25Cl2NO2. The van der Waals surface area contributed by atoms with Gasteiger partial charge in [0.2, 0.25) is 0 Å². The third kappa shape index (κ3) is 6.88. The molecule has 0 fully saturated rings. The average Bonchev–Trinajstić information content (AvgIpc) is 2.38. The zero-order valence-electron chi connectivity index (χ0n) is 13.1. The maximum absolute atomic E-state index is 9.92. The highest BCUT2D eigenvalue weighted by atomic mass is 35.5. The molecule has 2 unspecified atom stereocenters. The van der Waals surface area contributed by atoms with E-state index >= 15 is 0 Å². The topological polar surface area (TPSA) is 41.5 Å². The zero-order valence-corrected chi connectivity index (χ0v) is 14.6. The summed E-state index contributed by atoms with van der Waals surface area (Å²) in [6.45, 7) is 10.3. The molecule has 1 rings (SSSR count). The van der Waals surface area contributed by atoms with Crippen LogP contribution in [0.1, 0.15) is 27.7 Å². The van der Waals surface area contributed by atoms with Gasteiger partial charge in [0, 0.05) is 17.6 Å². The molecule has 0 aromatic heterocycles. The van der Waals surface area contributed by atoms with Crippen molar-refractivity contribution in [3.63, 3.8) is 0 Å². The lowest BCUT2D eigenvalue weighted by molar-refractivity contribution is 0.103. The van der Waals surface area contributed by atoms with Crippen LogP contribution in [0.25, 0.3) is 0 Å². The fourth-order valence-electron chi connectivity index (χ4n) is 1.61. The van der Waals surface area contributed by atoms with Crippen molar-refractivity contribution >= 4 is 23.2 Å². The van der Waals surface area contributed by atoms with Gasteiger partial charge in [-0.05, 0) is 30.0 Å². The first-order valence-corrected chi connectivity index (χ1v) is 7.92. The maximum atomic E-state index is 9.92.